The van der Waals surface area contributed by atoms with Crippen LogP contribution in [-0.2, 0) is 16.0 Å². The molecule has 0 fully saturated rings. The van der Waals surface area contributed by atoms with Crippen molar-refractivity contribution in [2.24, 2.45) is 0 Å². The summed E-state index contributed by atoms with van der Waals surface area (Å²) in [5.41, 5.74) is 1.49. The number of carbonyl (C=O) groups is 2. The molecule has 4 nitrogen and oxygen atoms in total. The van der Waals surface area contributed by atoms with Gasteiger partial charge in [0, 0.05) is 6.04 Å². The van der Waals surface area contributed by atoms with Crippen molar-refractivity contribution in [1.82, 2.24) is 10.6 Å². The van der Waals surface area contributed by atoms with Crippen LogP contribution in [0.5, 0.6) is 0 Å². The number of hydrogen-bond donors (Lipinski definition) is 2. The van der Waals surface area contributed by atoms with Crippen LogP contribution in [0.4, 0.5) is 8.78 Å². The molecular formula is C20H22F2N2O2. The Hall–Kier alpha value is -2.60. The Kier molecular flexibility index (Phi) is 6.97. The van der Waals surface area contributed by atoms with E-state index in [0.29, 0.717) is 12.0 Å². The second-order valence-corrected chi connectivity index (χ2v) is 6.20. The van der Waals surface area contributed by atoms with E-state index in [2.05, 4.69) is 10.6 Å². The molecular weight excluding hydrogens is 338 g/mol. The molecule has 2 aromatic carbocycles. The number of amides is 1. The highest BCUT2D eigenvalue weighted by Gasteiger charge is 2.18. The largest absolute Gasteiger partial charge is 0.345 e. The topological polar surface area (TPSA) is 58.2 Å². The Balaban J connectivity index is 1.89. The van der Waals surface area contributed by atoms with Crippen LogP contribution in [0.15, 0.2) is 48.5 Å². The molecule has 0 bridgehead atoms. The zero-order chi connectivity index (χ0) is 19.1. The minimum Gasteiger partial charge on any atom is -0.345 e. The molecule has 0 heterocycles. The third-order valence-electron chi connectivity index (χ3n) is 4.12. The third-order valence-corrected chi connectivity index (χ3v) is 4.12. The predicted octanol–water partition coefficient (Wildman–Crippen LogP) is 2.93. The second kappa shape index (κ2) is 9.20. The molecule has 0 aliphatic rings. The average molecular weight is 360 g/mol. The van der Waals surface area contributed by atoms with Crippen LogP contribution in [0.1, 0.15) is 31.0 Å². The fourth-order valence-electron chi connectivity index (χ4n) is 2.54. The first-order chi connectivity index (χ1) is 12.4. The maximum absolute atomic E-state index is 13.3. The van der Waals surface area contributed by atoms with E-state index in [1.807, 2.05) is 30.3 Å². The fraction of sp³-hybridized carbons (Fsp3) is 0.300. The van der Waals surface area contributed by atoms with Gasteiger partial charge in [0.1, 0.15) is 0 Å². The maximum atomic E-state index is 13.3. The molecule has 0 spiro atoms. The molecule has 2 atom stereocenters. The molecule has 0 radical (unpaired) electrons. The van der Waals surface area contributed by atoms with Crippen molar-refractivity contribution < 1.29 is 18.4 Å². The van der Waals surface area contributed by atoms with Gasteiger partial charge in [0.05, 0.1) is 12.6 Å². The average Bonchev–Trinajstić information content (AvgIpc) is 2.62. The van der Waals surface area contributed by atoms with E-state index < -0.39 is 17.7 Å². The van der Waals surface area contributed by atoms with E-state index in [4.69, 9.17) is 0 Å². The number of rotatable bonds is 8. The van der Waals surface area contributed by atoms with E-state index in [9.17, 15) is 18.4 Å². The molecule has 2 rings (SSSR count). The summed E-state index contributed by atoms with van der Waals surface area (Å²) in [5, 5.41) is 5.65. The van der Waals surface area contributed by atoms with Gasteiger partial charge in [-0.25, -0.2) is 8.78 Å². The SMILES string of the molecule is CC(=O)[C@H](Cc1ccccc1)NC(=O)CN[C@H](C)c1ccc(F)c(F)c1. The summed E-state index contributed by atoms with van der Waals surface area (Å²) in [6, 6.07) is 12.1. The lowest BCUT2D eigenvalue weighted by Gasteiger charge is -2.18. The highest BCUT2D eigenvalue weighted by atomic mass is 19.2. The highest BCUT2D eigenvalue weighted by Crippen LogP contribution is 2.15. The van der Waals surface area contributed by atoms with Crippen molar-refractivity contribution in [2.75, 3.05) is 6.54 Å². The van der Waals surface area contributed by atoms with Gasteiger partial charge in [-0.05, 0) is 43.5 Å². The predicted molar refractivity (Wildman–Crippen MR) is 95.5 cm³/mol. The van der Waals surface area contributed by atoms with Crippen molar-refractivity contribution in [3.05, 3.63) is 71.3 Å². The summed E-state index contributed by atoms with van der Waals surface area (Å²) in [6.07, 6.45) is 0.417. The quantitative estimate of drug-likeness (QED) is 0.761. The van der Waals surface area contributed by atoms with Crippen LogP contribution in [0.2, 0.25) is 0 Å². The van der Waals surface area contributed by atoms with Gasteiger partial charge in [-0.3, -0.25) is 9.59 Å². The fourth-order valence-corrected chi connectivity index (χ4v) is 2.54. The lowest BCUT2D eigenvalue weighted by Crippen LogP contribution is -2.45. The summed E-state index contributed by atoms with van der Waals surface area (Å²) in [5.74, 6) is -2.31. The molecule has 0 saturated heterocycles. The summed E-state index contributed by atoms with van der Waals surface area (Å²) < 4.78 is 26.3. The van der Waals surface area contributed by atoms with Gasteiger partial charge in [-0.15, -0.1) is 0 Å². The van der Waals surface area contributed by atoms with Crippen molar-refractivity contribution in [1.29, 1.82) is 0 Å². The van der Waals surface area contributed by atoms with Crippen LogP contribution in [0.25, 0.3) is 0 Å². The number of hydrogen-bond acceptors (Lipinski definition) is 3. The first-order valence-electron chi connectivity index (χ1n) is 8.39. The molecule has 2 N–H and O–H groups in total. The molecule has 0 saturated carbocycles. The lowest BCUT2D eigenvalue weighted by molar-refractivity contribution is -0.126. The molecule has 138 valence electrons. The minimum atomic E-state index is -0.930. The molecule has 0 aliphatic heterocycles. The Labute approximate surface area is 151 Å². The van der Waals surface area contributed by atoms with Gasteiger partial charge < -0.3 is 10.6 Å². The van der Waals surface area contributed by atoms with Gasteiger partial charge in [-0.2, -0.15) is 0 Å². The molecule has 6 heteroatoms. The zero-order valence-corrected chi connectivity index (χ0v) is 14.8. The first kappa shape index (κ1) is 19.7. The zero-order valence-electron chi connectivity index (χ0n) is 14.8. The van der Waals surface area contributed by atoms with E-state index in [0.717, 1.165) is 17.7 Å². The molecule has 0 aromatic heterocycles. The van der Waals surface area contributed by atoms with Gasteiger partial charge >= 0.3 is 0 Å². The lowest BCUT2D eigenvalue weighted by atomic mass is 10.0. The van der Waals surface area contributed by atoms with Crippen LogP contribution in [-0.4, -0.2) is 24.3 Å². The standard InChI is InChI=1S/C20H22F2N2O2/c1-13(16-8-9-17(21)18(22)11-16)23-12-20(26)24-19(14(2)25)10-15-6-4-3-5-7-15/h3-9,11,13,19,23H,10,12H2,1-2H3,(H,24,26)/t13-,19+/m1/s1. The molecule has 26 heavy (non-hydrogen) atoms. The first-order valence-corrected chi connectivity index (χ1v) is 8.39. The summed E-state index contributed by atoms with van der Waals surface area (Å²) in [7, 11) is 0. The normalized spacial score (nSPS) is 13.1. The molecule has 1 amide bonds. The monoisotopic (exact) mass is 360 g/mol. The number of Topliss-reactive ketones (excluding diaryl/α,β-unsaturated/α-hetero) is 1. The van der Waals surface area contributed by atoms with Crippen molar-refractivity contribution in [2.45, 2.75) is 32.4 Å². The maximum Gasteiger partial charge on any atom is 0.234 e. The van der Waals surface area contributed by atoms with Crippen molar-refractivity contribution in [3.63, 3.8) is 0 Å². The Bertz CT molecular complexity index is 766. The van der Waals surface area contributed by atoms with Crippen LogP contribution in [0, 0.1) is 11.6 Å². The summed E-state index contributed by atoms with van der Waals surface area (Å²) in [6.45, 7) is 3.14. The Morgan fingerprint density at radius 1 is 1.04 bits per heavy atom. The highest BCUT2D eigenvalue weighted by molar-refractivity contribution is 5.88. The molecule has 2 aromatic rings. The summed E-state index contributed by atoms with van der Waals surface area (Å²) in [4.78, 5) is 23.9. The van der Waals surface area contributed by atoms with Crippen LogP contribution >= 0.6 is 0 Å². The Morgan fingerprint density at radius 2 is 1.73 bits per heavy atom. The van der Waals surface area contributed by atoms with Crippen molar-refractivity contribution >= 4 is 11.7 Å². The van der Waals surface area contributed by atoms with E-state index in [1.165, 1.54) is 13.0 Å². The minimum absolute atomic E-state index is 0.0429. The van der Waals surface area contributed by atoms with E-state index >= 15 is 0 Å². The Morgan fingerprint density at radius 3 is 2.35 bits per heavy atom. The van der Waals surface area contributed by atoms with Gasteiger partial charge in [0.25, 0.3) is 0 Å². The van der Waals surface area contributed by atoms with Gasteiger partial charge in [0.15, 0.2) is 17.4 Å². The number of ketones is 1. The van der Waals surface area contributed by atoms with Gasteiger partial charge in [-0.1, -0.05) is 36.4 Å². The van der Waals surface area contributed by atoms with Gasteiger partial charge in [0.2, 0.25) is 5.91 Å². The molecule has 0 unspecified atom stereocenters. The van der Waals surface area contributed by atoms with E-state index in [-0.39, 0.29) is 24.3 Å². The number of benzene rings is 2. The molecule has 0 aliphatic carbocycles. The number of halogens is 2. The summed E-state index contributed by atoms with van der Waals surface area (Å²) >= 11 is 0. The number of carbonyl (C=O) groups excluding carboxylic acids is 2. The van der Waals surface area contributed by atoms with Crippen LogP contribution < -0.4 is 10.6 Å². The third kappa shape index (κ3) is 5.74. The van der Waals surface area contributed by atoms with Crippen molar-refractivity contribution in [3.8, 4) is 0 Å². The second-order valence-electron chi connectivity index (χ2n) is 6.20. The van der Waals surface area contributed by atoms with Crippen LogP contribution in [0.3, 0.4) is 0 Å². The smallest absolute Gasteiger partial charge is 0.234 e. The number of nitrogens with one attached hydrogen (secondary N) is 2. The van der Waals surface area contributed by atoms with E-state index in [1.54, 1.807) is 6.92 Å².